The molecule has 0 aliphatic heterocycles. The van der Waals surface area contributed by atoms with Crippen molar-refractivity contribution in [2.45, 2.75) is 6.92 Å². The van der Waals surface area contributed by atoms with Crippen molar-refractivity contribution in [2.24, 2.45) is 0 Å². The Hall–Kier alpha value is -4.23. The zero-order valence-electron chi connectivity index (χ0n) is 18.4. The first-order chi connectivity index (χ1) is 16.0. The molecule has 4 aromatic rings. The van der Waals surface area contributed by atoms with Gasteiger partial charge in [0.1, 0.15) is 12.3 Å². The van der Waals surface area contributed by atoms with Crippen molar-refractivity contribution in [3.05, 3.63) is 96.2 Å². The topological polar surface area (TPSA) is 85.3 Å². The van der Waals surface area contributed by atoms with E-state index in [-0.39, 0.29) is 18.4 Å². The van der Waals surface area contributed by atoms with Gasteiger partial charge in [-0.05, 0) is 37.3 Å². The number of rotatable bonds is 7. The lowest BCUT2D eigenvalue weighted by Crippen LogP contribution is -2.17. The minimum Gasteiger partial charge on any atom is -0.375 e. The number of hydrogen-bond donors (Lipinski definition) is 2. The smallest absolute Gasteiger partial charge is 0.259 e. The number of aryl methyl sites for hydroxylation is 1. The first-order valence-corrected chi connectivity index (χ1v) is 10.5. The van der Waals surface area contributed by atoms with Gasteiger partial charge in [0.05, 0.1) is 11.3 Å². The highest BCUT2D eigenvalue weighted by atomic mass is 16.5. The number of nitrogens with zero attached hydrogens (tertiary/aromatic N) is 2. The standard InChI is InChI=1S/C26H24N4O3/c1-18-11-13-22(14-12-18)30-16-23(25(29-30)19-7-4-3-5-8-19)26(32)28-21-10-6-9-20(15-21)27-24(31)17-33-2/h3-16H,17H2,1-2H3,(H,27,31)(H,28,32). The summed E-state index contributed by atoms with van der Waals surface area (Å²) >= 11 is 0. The van der Waals surface area contributed by atoms with Crippen molar-refractivity contribution in [1.82, 2.24) is 9.78 Å². The molecule has 0 aliphatic rings. The van der Waals surface area contributed by atoms with E-state index < -0.39 is 0 Å². The molecule has 0 aliphatic carbocycles. The highest BCUT2D eigenvalue weighted by molar-refractivity contribution is 6.08. The molecule has 0 atom stereocenters. The van der Waals surface area contributed by atoms with Gasteiger partial charge in [0.15, 0.2) is 0 Å². The Bertz CT molecular complexity index is 1260. The summed E-state index contributed by atoms with van der Waals surface area (Å²) in [4.78, 5) is 25.1. The molecular formula is C26H24N4O3. The Labute approximate surface area is 192 Å². The second-order valence-corrected chi connectivity index (χ2v) is 7.55. The molecule has 7 nitrogen and oxygen atoms in total. The first kappa shape index (κ1) is 22.0. The average Bonchev–Trinajstić information content (AvgIpc) is 3.26. The summed E-state index contributed by atoms with van der Waals surface area (Å²) in [5.74, 6) is -0.570. The third kappa shape index (κ3) is 5.34. The number of aromatic nitrogens is 2. The predicted octanol–water partition coefficient (Wildman–Crippen LogP) is 4.68. The summed E-state index contributed by atoms with van der Waals surface area (Å²) in [6, 6.07) is 24.5. The second kappa shape index (κ2) is 9.93. The van der Waals surface area contributed by atoms with Crippen LogP contribution in [0.1, 0.15) is 15.9 Å². The van der Waals surface area contributed by atoms with E-state index in [4.69, 9.17) is 9.84 Å². The van der Waals surface area contributed by atoms with Crippen LogP contribution in [-0.4, -0.2) is 35.3 Å². The van der Waals surface area contributed by atoms with Gasteiger partial charge in [-0.1, -0.05) is 54.1 Å². The van der Waals surface area contributed by atoms with Gasteiger partial charge in [0.25, 0.3) is 5.91 Å². The largest absolute Gasteiger partial charge is 0.375 e. The Morgan fingerprint density at radius 1 is 0.909 bits per heavy atom. The van der Waals surface area contributed by atoms with Crippen molar-refractivity contribution in [3.8, 4) is 16.9 Å². The number of hydrogen-bond acceptors (Lipinski definition) is 4. The molecule has 2 amide bonds. The van der Waals surface area contributed by atoms with Crippen molar-refractivity contribution >= 4 is 23.2 Å². The van der Waals surface area contributed by atoms with Gasteiger partial charge in [-0.2, -0.15) is 5.10 Å². The minimum atomic E-state index is -0.299. The Kier molecular flexibility index (Phi) is 6.61. The monoisotopic (exact) mass is 440 g/mol. The van der Waals surface area contributed by atoms with E-state index in [1.165, 1.54) is 7.11 Å². The van der Waals surface area contributed by atoms with Crippen LogP contribution in [0.3, 0.4) is 0 Å². The van der Waals surface area contributed by atoms with E-state index in [1.54, 1.807) is 35.1 Å². The van der Waals surface area contributed by atoms with Gasteiger partial charge < -0.3 is 15.4 Å². The van der Waals surface area contributed by atoms with Crippen LogP contribution in [0.5, 0.6) is 0 Å². The number of carbonyl (C=O) groups is 2. The first-order valence-electron chi connectivity index (χ1n) is 10.5. The van der Waals surface area contributed by atoms with Gasteiger partial charge >= 0.3 is 0 Å². The molecule has 0 saturated heterocycles. The van der Waals surface area contributed by atoms with Crippen LogP contribution in [0.25, 0.3) is 16.9 Å². The summed E-state index contributed by atoms with van der Waals surface area (Å²) in [6.07, 6.45) is 1.73. The van der Waals surface area contributed by atoms with Crippen LogP contribution < -0.4 is 10.6 Å². The number of ether oxygens (including phenoxy) is 1. The maximum atomic E-state index is 13.3. The molecule has 166 valence electrons. The highest BCUT2D eigenvalue weighted by Gasteiger charge is 2.19. The molecule has 2 N–H and O–H groups in total. The molecule has 0 unspecified atom stereocenters. The predicted molar refractivity (Wildman–Crippen MR) is 129 cm³/mol. The summed E-state index contributed by atoms with van der Waals surface area (Å²) < 4.78 is 6.54. The fourth-order valence-corrected chi connectivity index (χ4v) is 3.38. The molecule has 3 aromatic carbocycles. The van der Waals surface area contributed by atoms with E-state index in [1.807, 2.05) is 61.5 Å². The molecule has 1 heterocycles. The fraction of sp³-hybridized carbons (Fsp3) is 0.115. The van der Waals surface area contributed by atoms with Crippen molar-refractivity contribution < 1.29 is 14.3 Å². The highest BCUT2D eigenvalue weighted by Crippen LogP contribution is 2.25. The number of benzene rings is 3. The van der Waals surface area contributed by atoms with E-state index in [0.29, 0.717) is 22.6 Å². The van der Waals surface area contributed by atoms with Gasteiger partial charge in [-0.3, -0.25) is 9.59 Å². The van der Waals surface area contributed by atoms with Gasteiger partial charge in [0, 0.05) is 30.2 Å². The van der Waals surface area contributed by atoms with E-state index in [2.05, 4.69) is 10.6 Å². The molecule has 4 rings (SSSR count). The minimum absolute atomic E-state index is 0.0464. The van der Waals surface area contributed by atoms with E-state index >= 15 is 0 Å². The van der Waals surface area contributed by atoms with Crippen LogP contribution in [0.15, 0.2) is 85.1 Å². The lowest BCUT2D eigenvalue weighted by molar-refractivity contribution is -0.119. The van der Waals surface area contributed by atoms with Gasteiger partial charge in [-0.25, -0.2) is 4.68 Å². The molecule has 1 aromatic heterocycles. The number of amides is 2. The second-order valence-electron chi connectivity index (χ2n) is 7.55. The third-order valence-electron chi connectivity index (χ3n) is 4.98. The van der Waals surface area contributed by atoms with Gasteiger partial charge in [0.2, 0.25) is 5.91 Å². The summed E-state index contributed by atoms with van der Waals surface area (Å²) in [5.41, 5.74) is 4.98. The lowest BCUT2D eigenvalue weighted by Gasteiger charge is -2.09. The molecule has 7 heteroatoms. The maximum Gasteiger partial charge on any atom is 0.259 e. The molecule has 0 radical (unpaired) electrons. The van der Waals surface area contributed by atoms with Crippen LogP contribution in [-0.2, 0) is 9.53 Å². The quantitative estimate of drug-likeness (QED) is 0.437. The van der Waals surface area contributed by atoms with Crippen LogP contribution in [0.2, 0.25) is 0 Å². The molecule has 0 saturated carbocycles. The van der Waals surface area contributed by atoms with Crippen molar-refractivity contribution in [3.63, 3.8) is 0 Å². The zero-order chi connectivity index (χ0) is 23.2. The molecule has 0 bridgehead atoms. The third-order valence-corrected chi connectivity index (χ3v) is 4.98. The van der Waals surface area contributed by atoms with Crippen LogP contribution in [0, 0.1) is 6.92 Å². The van der Waals surface area contributed by atoms with Crippen LogP contribution >= 0.6 is 0 Å². The summed E-state index contributed by atoms with van der Waals surface area (Å²) in [7, 11) is 1.46. The molecule has 33 heavy (non-hydrogen) atoms. The Balaban J connectivity index is 1.64. The van der Waals surface area contributed by atoms with E-state index in [9.17, 15) is 9.59 Å². The Morgan fingerprint density at radius 2 is 1.61 bits per heavy atom. The zero-order valence-corrected chi connectivity index (χ0v) is 18.4. The molecular weight excluding hydrogens is 416 g/mol. The molecule has 0 fully saturated rings. The summed E-state index contributed by atoms with van der Waals surface area (Å²) in [6.45, 7) is 1.97. The van der Waals surface area contributed by atoms with Crippen molar-refractivity contribution in [2.75, 3.05) is 24.4 Å². The normalized spacial score (nSPS) is 10.6. The Morgan fingerprint density at radius 3 is 2.30 bits per heavy atom. The fourth-order valence-electron chi connectivity index (χ4n) is 3.38. The lowest BCUT2D eigenvalue weighted by atomic mass is 10.1. The maximum absolute atomic E-state index is 13.3. The van der Waals surface area contributed by atoms with Crippen molar-refractivity contribution in [1.29, 1.82) is 0 Å². The SMILES string of the molecule is COCC(=O)Nc1cccc(NC(=O)c2cn(-c3ccc(C)cc3)nc2-c2ccccc2)c1. The van der Waals surface area contributed by atoms with E-state index in [0.717, 1.165) is 16.8 Å². The van der Waals surface area contributed by atoms with Crippen LogP contribution in [0.4, 0.5) is 11.4 Å². The number of carbonyl (C=O) groups excluding carboxylic acids is 2. The summed E-state index contributed by atoms with van der Waals surface area (Å²) in [5, 5.41) is 10.4. The average molecular weight is 441 g/mol. The number of methoxy groups -OCH3 is 1. The number of nitrogens with one attached hydrogen (secondary N) is 2. The van der Waals surface area contributed by atoms with Gasteiger partial charge in [-0.15, -0.1) is 0 Å². The molecule has 0 spiro atoms. The number of anilines is 2.